The van der Waals surface area contributed by atoms with Crippen molar-refractivity contribution in [2.75, 3.05) is 6.54 Å². The van der Waals surface area contributed by atoms with E-state index in [0.29, 0.717) is 6.42 Å². The smallest absolute Gasteiger partial charge is 0.276 e. The first-order chi connectivity index (χ1) is 24.5. The summed E-state index contributed by atoms with van der Waals surface area (Å²) in [5.41, 5.74) is 0.333. The Kier molecular flexibility index (Phi) is 10.2. The minimum Gasteiger partial charge on any atom is -0.446 e. The molecule has 0 spiro atoms. The van der Waals surface area contributed by atoms with Gasteiger partial charge in [0.05, 0.1) is 11.8 Å². The zero-order chi connectivity index (χ0) is 36.2. The van der Waals surface area contributed by atoms with Crippen LogP contribution in [0.4, 0.5) is 4.39 Å². The number of rotatable bonds is 6. The van der Waals surface area contributed by atoms with Gasteiger partial charge in [-0.3, -0.25) is 29.0 Å². The lowest BCUT2D eigenvalue weighted by Crippen LogP contribution is -2.48. The average Bonchev–Trinajstić information content (AvgIpc) is 3.88. The molecule has 4 aromatic rings. The molecule has 3 aromatic heterocycles. The molecule has 1 fully saturated rings. The number of carbonyl (C=O) groups is 5. The minimum absolute atomic E-state index is 0.0183. The molecule has 4 bridgehead atoms. The second kappa shape index (κ2) is 14.9. The zero-order valence-corrected chi connectivity index (χ0v) is 28.1. The molecule has 1 aromatic carbocycles. The minimum atomic E-state index is -1.13. The normalized spacial score (nSPS) is 22.8. The fourth-order valence-electron chi connectivity index (χ4n) is 6.15. The molecule has 0 unspecified atom stereocenters. The highest BCUT2D eigenvalue weighted by Crippen LogP contribution is 2.26. The van der Waals surface area contributed by atoms with E-state index in [2.05, 4.69) is 36.2 Å². The summed E-state index contributed by atoms with van der Waals surface area (Å²) in [5.74, 6) is -3.91. The van der Waals surface area contributed by atoms with E-state index in [-0.39, 0.29) is 54.0 Å². The fraction of sp³-hybridized carbons (Fsp3) is 0.371. The lowest BCUT2D eigenvalue weighted by atomic mass is 10.0. The topological polar surface area (TPSA) is 202 Å². The molecular weight excluding hydrogens is 663 g/mol. The van der Waals surface area contributed by atoms with E-state index in [9.17, 15) is 28.4 Å². The van der Waals surface area contributed by atoms with E-state index in [1.54, 1.807) is 6.92 Å². The highest BCUT2D eigenvalue weighted by molar-refractivity contribution is 5.98. The third-order valence-corrected chi connectivity index (χ3v) is 8.67. The van der Waals surface area contributed by atoms with Crippen LogP contribution in [-0.4, -0.2) is 74.1 Å². The largest absolute Gasteiger partial charge is 0.446 e. The van der Waals surface area contributed by atoms with Crippen molar-refractivity contribution < 1.29 is 37.2 Å². The van der Waals surface area contributed by atoms with Gasteiger partial charge in [0.2, 0.25) is 23.6 Å². The Hall–Kier alpha value is -5.93. The number of fused-ring (bicyclic) bond motifs is 5. The zero-order valence-electron chi connectivity index (χ0n) is 28.1. The Labute approximate surface area is 291 Å². The van der Waals surface area contributed by atoms with Crippen molar-refractivity contribution >= 4 is 29.5 Å². The van der Waals surface area contributed by atoms with E-state index in [0.717, 1.165) is 24.3 Å². The van der Waals surface area contributed by atoms with Gasteiger partial charge >= 0.3 is 0 Å². The molecule has 0 radical (unpaired) electrons. The van der Waals surface area contributed by atoms with Gasteiger partial charge in [-0.1, -0.05) is 44.2 Å². The first-order valence-electron chi connectivity index (χ1n) is 16.5. The Balaban J connectivity index is 1.36. The predicted octanol–water partition coefficient (Wildman–Crippen LogP) is 2.65. The molecular formula is C35H37FN8O7. The summed E-state index contributed by atoms with van der Waals surface area (Å²) in [6.45, 7) is 5.31. The number of nitrogens with zero attached hydrogens (tertiary/aromatic N) is 4. The average molecular weight is 701 g/mol. The molecule has 4 N–H and O–H groups in total. The standard InChI is InChI=1S/C35H37FN8O7/c1-18(2)11-24-30(46)38-19(3)33-43-27(17-50-33)35(49)44-15-21(39-29(45)22-9-10-37-14-23(22)36)13-28(44)32(48)41-25(12-20-7-5-4-6-8-20)34-42-26(16-51-34)31(47)40-24/h4-10,14,16-19,21,24-25,28H,11-13,15H2,1-3H3,(H,38,46)(H,39,45)(H,40,47)(H,41,48)/t19-,21+,24-,25+,28+/m1/s1. The highest BCUT2D eigenvalue weighted by atomic mass is 19.1. The van der Waals surface area contributed by atoms with Crippen LogP contribution in [0.1, 0.15) is 94.4 Å². The number of oxazole rings is 2. The van der Waals surface area contributed by atoms with Crippen molar-refractivity contribution in [2.45, 2.75) is 70.2 Å². The van der Waals surface area contributed by atoms with Crippen LogP contribution >= 0.6 is 0 Å². The van der Waals surface area contributed by atoms with E-state index in [1.807, 2.05) is 44.2 Å². The Morgan fingerprint density at radius 2 is 1.69 bits per heavy atom. The van der Waals surface area contributed by atoms with Crippen molar-refractivity contribution in [3.63, 3.8) is 0 Å². The molecule has 0 saturated carbocycles. The Morgan fingerprint density at radius 3 is 2.43 bits per heavy atom. The lowest BCUT2D eigenvalue weighted by molar-refractivity contribution is -0.126. The van der Waals surface area contributed by atoms with Crippen molar-refractivity contribution in [2.24, 2.45) is 5.92 Å². The molecule has 2 aliphatic heterocycles. The molecule has 51 heavy (non-hydrogen) atoms. The first-order valence-corrected chi connectivity index (χ1v) is 16.5. The molecule has 6 rings (SSSR count). The van der Waals surface area contributed by atoms with E-state index >= 15 is 0 Å². The molecule has 2 aliphatic rings. The van der Waals surface area contributed by atoms with Gasteiger partial charge < -0.3 is 35.0 Å². The molecule has 5 amide bonds. The van der Waals surface area contributed by atoms with Gasteiger partial charge in [0.25, 0.3) is 17.7 Å². The van der Waals surface area contributed by atoms with E-state index in [4.69, 9.17) is 8.83 Å². The van der Waals surface area contributed by atoms with E-state index < -0.39 is 65.6 Å². The molecule has 266 valence electrons. The Morgan fingerprint density at radius 1 is 0.961 bits per heavy atom. The maximum absolute atomic E-state index is 14.4. The lowest BCUT2D eigenvalue weighted by Gasteiger charge is -2.25. The summed E-state index contributed by atoms with van der Waals surface area (Å²) in [6, 6.07) is 5.88. The number of halogens is 1. The van der Waals surface area contributed by atoms with Crippen LogP contribution < -0.4 is 21.3 Å². The molecule has 16 heteroatoms. The molecule has 15 nitrogen and oxygen atoms in total. The first kappa shape index (κ1) is 34.9. The summed E-state index contributed by atoms with van der Waals surface area (Å²) in [5, 5.41) is 11.2. The fourth-order valence-corrected chi connectivity index (χ4v) is 6.15. The van der Waals surface area contributed by atoms with Crippen LogP contribution in [0, 0.1) is 11.7 Å². The van der Waals surface area contributed by atoms with Crippen molar-refractivity contribution in [3.05, 3.63) is 101 Å². The number of hydrogen-bond donors (Lipinski definition) is 4. The van der Waals surface area contributed by atoms with Crippen molar-refractivity contribution in [3.8, 4) is 0 Å². The summed E-state index contributed by atoms with van der Waals surface area (Å²) in [4.78, 5) is 81.6. The SMILES string of the molecule is CC(C)C[C@H]1NC(=O)c2coc(n2)[C@H](Cc2ccccc2)NC(=O)[C@@H]2C[C@H](NC(=O)c3ccncc3F)CN2C(=O)c2coc(n2)[C@@H](C)NC1=O. The predicted molar refractivity (Wildman–Crippen MR) is 176 cm³/mol. The van der Waals surface area contributed by atoms with Crippen molar-refractivity contribution in [1.82, 2.24) is 41.1 Å². The van der Waals surface area contributed by atoms with Gasteiger partial charge in [0.15, 0.2) is 17.2 Å². The van der Waals surface area contributed by atoms with Gasteiger partial charge in [-0.15, -0.1) is 0 Å². The summed E-state index contributed by atoms with van der Waals surface area (Å²) < 4.78 is 25.7. The second-order valence-electron chi connectivity index (χ2n) is 13.0. The van der Waals surface area contributed by atoms with Gasteiger partial charge in [-0.2, -0.15) is 0 Å². The quantitative estimate of drug-likeness (QED) is 0.232. The number of benzene rings is 1. The van der Waals surface area contributed by atoms with Crippen LogP contribution in [0.15, 0.2) is 70.2 Å². The number of hydrogen-bond acceptors (Lipinski definition) is 10. The number of pyridine rings is 1. The monoisotopic (exact) mass is 700 g/mol. The van der Waals surface area contributed by atoms with Gasteiger partial charge in [-0.25, -0.2) is 14.4 Å². The van der Waals surface area contributed by atoms with Gasteiger partial charge in [-0.05, 0) is 37.3 Å². The maximum Gasteiger partial charge on any atom is 0.276 e. The van der Waals surface area contributed by atoms with Crippen LogP contribution in [0.25, 0.3) is 0 Å². The Bertz CT molecular complexity index is 1930. The number of amides is 5. The summed E-state index contributed by atoms with van der Waals surface area (Å²) >= 11 is 0. The van der Waals surface area contributed by atoms with Gasteiger partial charge in [0, 0.05) is 25.2 Å². The summed E-state index contributed by atoms with van der Waals surface area (Å²) in [6.07, 6.45) is 4.96. The van der Waals surface area contributed by atoms with Crippen LogP contribution in [0.5, 0.6) is 0 Å². The third-order valence-electron chi connectivity index (χ3n) is 8.67. The van der Waals surface area contributed by atoms with Gasteiger partial charge in [0.1, 0.15) is 36.7 Å². The molecule has 0 aliphatic carbocycles. The third kappa shape index (κ3) is 7.95. The van der Waals surface area contributed by atoms with E-state index in [1.165, 1.54) is 17.2 Å². The highest BCUT2D eigenvalue weighted by Gasteiger charge is 2.43. The number of carbonyl (C=O) groups excluding carboxylic acids is 5. The summed E-state index contributed by atoms with van der Waals surface area (Å²) in [7, 11) is 0. The van der Waals surface area contributed by atoms with Crippen molar-refractivity contribution in [1.29, 1.82) is 0 Å². The van der Waals surface area contributed by atoms with Crippen LogP contribution in [0.3, 0.4) is 0 Å². The second-order valence-corrected chi connectivity index (χ2v) is 13.0. The maximum atomic E-state index is 14.4. The number of nitrogens with one attached hydrogen (secondary N) is 4. The number of aromatic nitrogens is 3. The molecule has 5 heterocycles. The molecule has 1 saturated heterocycles. The molecule has 5 atom stereocenters. The van der Waals surface area contributed by atoms with Crippen LogP contribution in [0.2, 0.25) is 0 Å². The van der Waals surface area contributed by atoms with Crippen LogP contribution in [-0.2, 0) is 16.0 Å².